The highest BCUT2D eigenvalue weighted by Gasteiger charge is 2.47. The van der Waals surface area contributed by atoms with E-state index in [-0.39, 0.29) is 11.3 Å². The average Bonchev–Trinajstić information content (AvgIpc) is 3.37. The van der Waals surface area contributed by atoms with E-state index in [2.05, 4.69) is 29.8 Å². The molecule has 1 saturated heterocycles. The first-order valence-electron chi connectivity index (χ1n) is 10.0. The molecular weight excluding hydrogens is 474 g/mol. The number of benzene rings is 2. The molecule has 0 spiro atoms. The van der Waals surface area contributed by atoms with Crippen LogP contribution in [0, 0.1) is 6.92 Å². The van der Waals surface area contributed by atoms with Crippen molar-refractivity contribution in [3.8, 4) is 0 Å². The van der Waals surface area contributed by atoms with Gasteiger partial charge in [0, 0.05) is 20.6 Å². The van der Waals surface area contributed by atoms with E-state index in [1.54, 1.807) is 12.1 Å². The predicted molar refractivity (Wildman–Crippen MR) is 129 cm³/mol. The lowest BCUT2D eigenvalue weighted by atomic mass is 9.98. The fourth-order valence-corrected chi connectivity index (χ4v) is 4.85. The van der Waals surface area contributed by atoms with Crippen molar-refractivity contribution in [3.05, 3.63) is 91.6 Å². The molecule has 1 amide bonds. The molecule has 31 heavy (non-hydrogen) atoms. The van der Waals surface area contributed by atoms with Crippen molar-refractivity contribution in [1.82, 2.24) is 0 Å². The Kier molecular flexibility index (Phi) is 5.86. The zero-order chi connectivity index (χ0) is 22.3. The molecule has 1 atom stereocenters. The van der Waals surface area contributed by atoms with Crippen molar-refractivity contribution in [1.29, 1.82) is 0 Å². The summed E-state index contributed by atoms with van der Waals surface area (Å²) < 4.78 is 0.907. The molecule has 0 radical (unpaired) electrons. The molecule has 6 heteroatoms. The van der Waals surface area contributed by atoms with Crippen LogP contribution in [0.1, 0.15) is 47.4 Å². The Hall–Kier alpha value is -2.70. The Morgan fingerprint density at radius 2 is 1.81 bits per heavy atom. The van der Waals surface area contributed by atoms with Gasteiger partial charge in [0.1, 0.15) is 11.8 Å². The quantitative estimate of drug-likeness (QED) is 0.253. The third-order valence-electron chi connectivity index (χ3n) is 5.53. The second-order valence-corrected chi connectivity index (χ2v) is 9.73. The van der Waals surface area contributed by atoms with Gasteiger partial charge < -0.3 is 5.11 Å². The number of nitrogens with zero attached hydrogens (tertiary/aromatic N) is 1. The number of aliphatic hydroxyl groups excluding tert-OH is 1. The van der Waals surface area contributed by atoms with Crippen LogP contribution in [0.25, 0.3) is 5.76 Å². The van der Waals surface area contributed by atoms with Crippen LogP contribution < -0.4 is 4.90 Å². The standard InChI is InChI=1S/C25H22BrNO3S/c1-14(2)16-6-9-18(10-7-16)27-22(20-5-4-12-31-20)21(24(29)25(27)30)23(28)17-8-11-19(26)15(3)13-17/h4-14,22,28H,1-3H3/b23-21-. The third-order valence-corrected chi connectivity index (χ3v) is 7.34. The first-order valence-corrected chi connectivity index (χ1v) is 11.7. The van der Waals surface area contributed by atoms with E-state index in [4.69, 9.17) is 0 Å². The summed E-state index contributed by atoms with van der Waals surface area (Å²) in [5.41, 5.74) is 3.34. The monoisotopic (exact) mass is 495 g/mol. The number of carbonyl (C=O) groups is 2. The number of aryl methyl sites for hydroxylation is 1. The van der Waals surface area contributed by atoms with Gasteiger partial charge in [-0.15, -0.1) is 11.3 Å². The number of amides is 1. The summed E-state index contributed by atoms with van der Waals surface area (Å²) in [6.45, 7) is 6.12. The minimum Gasteiger partial charge on any atom is -0.507 e. The normalized spacial score (nSPS) is 18.2. The SMILES string of the molecule is Cc1cc(/C(O)=C2/C(=O)C(=O)N(c3ccc(C(C)C)cc3)C2c2cccs2)ccc1Br. The van der Waals surface area contributed by atoms with Crippen molar-refractivity contribution in [3.63, 3.8) is 0 Å². The van der Waals surface area contributed by atoms with Crippen molar-refractivity contribution >= 4 is 50.4 Å². The van der Waals surface area contributed by atoms with E-state index in [1.807, 2.05) is 54.8 Å². The number of hydrogen-bond donors (Lipinski definition) is 1. The predicted octanol–water partition coefficient (Wildman–Crippen LogP) is 6.57. The van der Waals surface area contributed by atoms with Gasteiger partial charge in [-0.25, -0.2) is 0 Å². The van der Waals surface area contributed by atoms with Crippen LogP contribution in [0.2, 0.25) is 0 Å². The molecule has 2 heterocycles. The summed E-state index contributed by atoms with van der Waals surface area (Å²) in [5.74, 6) is -1.11. The van der Waals surface area contributed by atoms with Crippen molar-refractivity contribution in [2.24, 2.45) is 0 Å². The van der Waals surface area contributed by atoms with Gasteiger partial charge in [0.15, 0.2) is 0 Å². The lowest BCUT2D eigenvalue weighted by molar-refractivity contribution is -0.132. The molecular formula is C25H22BrNO3S. The highest BCUT2D eigenvalue weighted by Crippen LogP contribution is 2.43. The molecule has 3 aromatic rings. The molecule has 1 aromatic heterocycles. The molecule has 4 rings (SSSR count). The largest absolute Gasteiger partial charge is 0.507 e. The number of halogens is 1. The van der Waals surface area contributed by atoms with E-state index in [0.29, 0.717) is 17.2 Å². The Morgan fingerprint density at radius 1 is 1.10 bits per heavy atom. The van der Waals surface area contributed by atoms with E-state index in [0.717, 1.165) is 20.5 Å². The summed E-state index contributed by atoms with van der Waals surface area (Å²) in [7, 11) is 0. The average molecular weight is 496 g/mol. The number of anilines is 1. The van der Waals surface area contributed by atoms with Crippen LogP contribution in [0.15, 0.2) is 70.0 Å². The smallest absolute Gasteiger partial charge is 0.300 e. The molecule has 158 valence electrons. The number of thiophene rings is 1. The molecule has 1 aliphatic rings. The van der Waals surface area contributed by atoms with Gasteiger partial charge in [0.2, 0.25) is 0 Å². The maximum Gasteiger partial charge on any atom is 0.300 e. The van der Waals surface area contributed by atoms with E-state index >= 15 is 0 Å². The summed E-state index contributed by atoms with van der Waals surface area (Å²) in [6.07, 6.45) is 0. The molecule has 0 aliphatic carbocycles. The summed E-state index contributed by atoms with van der Waals surface area (Å²) in [5, 5.41) is 13.0. The number of hydrogen-bond acceptors (Lipinski definition) is 4. The second-order valence-electron chi connectivity index (χ2n) is 7.89. The summed E-state index contributed by atoms with van der Waals surface area (Å²) in [6, 6.07) is 16.1. The fourth-order valence-electron chi connectivity index (χ4n) is 3.78. The molecule has 1 unspecified atom stereocenters. The van der Waals surface area contributed by atoms with Crippen LogP contribution in [0.4, 0.5) is 5.69 Å². The Balaban J connectivity index is 1.88. The van der Waals surface area contributed by atoms with Crippen molar-refractivity contribution in [2.45, 2.75) is 32.7 Å². The Bertz CT molecular complexity index is 1180. The highest BCUT2D eigenvalue weighted by molar-refractivity contribution is 9.10. The molecule has 1 fully saturated rings. The first kappa shape index (κ1) is 21.5. The Labute approximate surface area is 194 Å². The van der Waals surface area contributed by atoms with Gasteiger partial charge in [0.25, 0.3) is 11.7 Å². The Morgan fingerprint density at radius 3 is 2.39 bits per heavy atom. The number of rotatable bonds is 4. The third kappa shape index (κ3) is 3.86. The van der Waals surface area contributed by atoms with E-state index < -0.39 is 17.7 Å². The fraction of sp³-hybridized carbons (Fsp3) is 0.200. The molecule has 1 N–H and O–H groups in total. The number of ketones is 1. The minimum atomic E-state index is -0.676. The van der Waals surface area contributed by atoms with Crippen LogP contribution in [-0.4, -0.2) is 16.8 Å². The van der Waals surface area contributed by atoms with Gasteiger partial charge in [0.05, 0.1) is 5.57 Å². The van der Waals surface area contributed by atoms with Gasteiger partial charge >= 0.3 is 0 Å². The van der Waals surface area contributed by atoms with Gasteiger partial charge in [-0.3, -0.25) is 14.5 Å². The van der Waals surface area contributed by atoms with Gasteiger partial charge in [-0.05, 0) is 59.7 Å². The molecule has 1 aliphatic heterocycles. The maximum absolute atomic E-state index is 13.1. The van der Waals surface area contributed by atoms with Crippen molar-refractivity contribution in [2.75, 3.05) is 4.90 Å². The van der Waals surface area contributed by atoms with Crippen molar-refractivity contribution < 1.29 is 14.7 Å². The van der Waals surface area contributed by atoms with Crippen LogP contribution in [0.3, 0.4) is 0 Å². The molecule has 2 aromatic carbocycles. The zero-order valence-electron chi connectivity index (χ0n) is 17.4. The van der Waals surface area contributed by atoms with Gasteiger partial charge in [-0.2, -0.15) is 0 Å². The van der Waals surface area contributed by atoms with Gasteiger partial charge in [-0.1, -0.05) is 54.0 Å². The lowest BCUT2D eigenvalue weighted by Gasteiger charge is -2.24. The topological polar surface area (TPSA) is 57.6 Å². The highest BCUT2D eigenvalue weighted by atomic mass is 79.9. The summed E-state index contributed by atoms with van der Waals surface area (Å²) in [4.78, 5) is 28.6. The van der Waals surface area contributed by atoms with E-state index in [1.165, 1.54) is 16.2 Å². The van der Waals surface area contributed by atoms with Crippen LogP contribution in [-0.2, 0) is 9.59 Å². The number of carbonyl (C=O) groups excluding carboxylic acids is 2. The minimum absolute atomic E-state index is 0.113. The number of Topliss-reactive ketones (excluding diaryl/α,β-unsaturated/α-hetero) is 1. The number of aliphatic hydroxyl groups is 1. The van der Waals surface area contributed by atoms with Crippen LogP contribution in [0.5, 0.6) is 0 Å². The molecule has 4 nitrogen and oxygen atoms in total. The zero-order valence-corrected chi connectivity index (χ0v) is 19.8. The maximum atomic E-state index is 13.1. The molecule has 0 saturated carbocycles. The molecule has 0 bridgehead atoms. The lowest BCUT2D eigenvalue weighted by Crippen LogP contribution is -2.29. The second kappa shape index (κ2) is 8.44. The van der Waals surface area contributed by atoms with Crippen LogP contribution >= 0.6 is 27.3 Å². The van der Waals surface area contributed by atoms with E-state index in [9.17, 15) is 14.7 Å². The first-order chi connectivity index (χ1) is 14.8. The summed E-state index contributed by atoms with van der Waals surface area (Å²) >= 11 is 4.91.